The number of hydroxylamine groups is 2. The first-order chi connectivity index (χ1) is 20.0. The van der Waals surface area contributed by atoms with Crippen molar-refractivity contribution in [2.24, 2.45) is 0 Å². The van der Waals surface area contributed by atoms with Gasteiger partial charge in [0.05, 0.1) is 34.5 Å². The molecule has 2 aromatic carbocycles. The Bertz CT molecular complexity index is 1150. The van der Waals surface area contributed by atoms with E-state index in [-0.39, 0.29) is 18.6 Å². The van der Waals surface area contributed by atoms with Crippen LogP contribution in [0, 0.1) is 0 Å². The molecular formula is C32H43Cl2N3O4. The smallest absolute Gasteiger partial charge is 0.307 e. The third-order valence-corrected chi connectivity index (χ3v) is 8.65. The Hall–Kier alpha value is -2.48. The molecule has 9 heteroatoms. The third-order valence-electron chi connectivity index (χ3n) is 7.84. The molecule has 2 aromatic rings. The lowest BCUT2D eigenvalue weighted by atomic mass is 10.0. The lowest BCUT2D eigenvalue weighted by molar-refractivity contribution is -0.144. The molecule has 41 heavy (non-hydrogen) atoms. The number of aryl methyl sites for hydroxylation is 1. The molecule has 0 N–H and O–H groups in total. The number of fused-ring (bicyclic) bond motifs is 1. The average molecular weight is 605 g/mol. The predicted molar refractivity (Wildman–Crippen MR) is 166 cm³/mol. The van der Waals surface area contributed by atoms with Gasteiger partial charge in [-0.1, -0.05) is 93.6 Å². The number of amides is 1. The van der Waals surface area contributed by atoms with E-state index in [1.54, 1.807) is 11.0 Å². The van der Waals surface area contributed by atoms with Crippen LogP contribution in [-0.4, -0.2) is 49.8 Å². The average Bonchev–Trinajstić information content (AvgIpc) is 2.98. The van der Waals surface area contributed by atoms with Crippen molar-refractivity contribution < 1.29 is 19.2 Å². The molecule has 2 heterocycles. The van der Waals surface area contributed by atoms with Gasteiger partial charge in [-0.3, -0.25) is 14.5 Å². The normalized spacial score (nSPS) is 15.6. The summed E-state index contributed by atoms with van der Waals surface area (Å²) in [4.78, 5) is 35.1. The Labute approximate surface area is 254 Å². The number of ether oxygens (including phenoxy) is 1. The molecule has 0 atom stereocenters. The molecule has 0 aromatic heterocycles. The van der Waals surface area contributed by atoms with E-state index in [1.165, 1.54) is 38.5 Å². The molecule has 1 saturated heterocycles. The minimum absolute atomic E-state index is 0.0439. The molecule has 2 aliphatic heterocycles. The van der Waals surface area contributed by atoms with Crippen molar-refractivity contribution in [3.8, 4) is 5.75 Å². The fraction of sp³-hybridized carbons (Fsp3) is 0.562. The van der Waals surface area contributed by atoms with Gasteiger partial charge in [-0.2, -0.15) is 0 Å². The molecule has 4 rings (SSSR count). The number of esters is 1. The molecule has 0 spiro atoms. The summed E-state index contributed by atoms with van der Waals surface area (Å²) in [7, 11) is 0. The Kier molecular flexibility index (Phi) is 12.5. The molecule has 0 unspecified atom stereocenters. The molecule has 0 aliphatic carbocycles. The summed E-state index contributed by atoms with van der Waals surface area (Å²) >= 11 is 12.6. The summed E-state index contributed by atoms with van der Waals surface area (Å²) in [6, 6.07) is 11.5. The van der Waals surface area contributed by atoms with Gasteiger partial charge in [0, 0.05) is 32.0 Å². The lowest BCUT2D eigenvalue weighted by Crippen LogP contribution is -2.47. The van der Waals surface area contributed by atoms with Crippen LogP contribution in [0.15, 0.2) is 36.4 Å². The topological polar surface area (TPSA) is 62.3 Å². The second-order valence-corrected chi connectivity index (χ2v) is 11.7. The van der Waals surface area contributed by atoms with Crippen LogP contribution in [0.2, 0.25) is 10.0 Å². The SMILES string of the molecule is CCCCCCCCCCCC(=O)OCN1C(=O)CCc2ccc(ON3CCN(c4cccc(Cl)c4Cl)CC3)cc21. The summed E-state index contributed by atoms with van der Waals surface area (Å²) in [6.45, 7) is 5.01. The van der Waals surface area contributed by atoms with Gasteiger partial charge in [-0.15, -0.1) is 5.06 Å². The number of anilines is 2. The van der Waals surface area contributed by atoms with Crippen molar-refractivity contribution in [3.63, 3.8) is 0 Å². The second-order valence-electron chi connectivity index (χ2n) is 10.9. The van der Waals surface area contributed by atoms with Crippen LogP contribution < -0.4 is 14.6 Å². The summed E-state index contributed by atoms with van der Waals surface area (Å²) < 4.78 is 5.53. The summed E-state index contributed by atoms with van der Waals surface area (Å²) in [5.41, 5.74) is 2.72. The van der Waals surface area contributed by atoms with E-state index in [4.69, 9.17) is 32.8 Å². The lowest BCUT2D eigenvalue weighted by Gasteiger charge is -2.36. The highest BCUT2D eigenvalue weighted by Crippen LogP contribution is 2.34. The van der Waals surface area contributed by atoms with Gasteiger partial charge in [-0.05, 0) is 36.6 Å². The first kappa shape index (κ1) is 31.5. The first-order valence-corrected chi connectivity index (χ1v) is 15.9. The van der Waals surface area contributed by atoms with Gasteiger partial charge < -0.3 is 14.5 Å². The standard InChI is InChI=1S/C32H43Cl2N3O4/c1-2-3-4-5-6-7-8-9-10-14-31(39)40-24-37-29-23-26(17-15-25(29)16-18-30(37)38)41-36-21-19-35(20-22-36)28-13-11-12-27(33)32(28)34/h11-13,15,17,23H,2-10,14,16,18-22,24H2,1H3. The van der Waals surface area contributed by atoms with Crippen LogP contribution in [0.25, 0.3) is 0 Å². The highest BCUT2D eigenvalue weighted by atomic mass is 35.5. The van der Waals surface area contributed by atoms with Crippen molar-refractivity contribution in [1.82, 2.24) is 5.06 Å². The number of nitrogens with zero attached hydrogens (tertiary/aromatic N) is 3. The number of hydrogen-bond acceptors (Lipinski definition) is 6. The number of rotatable bonds is 15. The van der Waals surface area contributed by atoms with E-state index in [9.17, 15) is 9.59 Å². The van der Waals surface area contributed by atoms with Gasteiger partial charge in [0.2, 0.25) is 5.91 Å². The van der Waals surface area contributed by atoms with Gasteiger partial charge in [0.25, 0.3) is 0 Å². The Morgan fingerprint density at radius 3 is 2.29 bits per heavy atom. The van der Waals surface area contributed by atoms with Crippen molar-refractivity contribution in [1.29, 1.82) is 0 Å². The van der Waals surface area contributed by atoms with Crippen LogP contribution in [0.1, 0.15) is 83.1 Å². The fourth-order valence-corrected chi connectivity index (χ4v) is 5.83. The minimum atomic E-state index is -0.252. The Morgan fingerprint density at radius 2 is 1.56 bits per heavy atom. The zero-order valence-electron chi connectivity index (χ0n) is 24.2. The maximum Gasteiger partial charge on any atom is 0.307 e. The number of hydrogen-bond donors (Lipinski definition) is 0. The van der Waals surface area contributed by atoms with E-state index < -0.39 is 0 Å². The third kappa shape index (κ3) is 9.25. The largest absolute Gasteiger partial charge is 0.444 e. The van der Waals surface area contributed by atoms with E-state index >= 15 is 0 Å². The highest BCUT2D eigenvalue weighted by Gasteiger charge is 2.27. The maximum absolute atomic E-state index is 12.8. The quantitative estimate of drug-likeness (QED) is 0.153. The molecule has 224 valence electrons. The number of piperazine rings is 1. The summed E-state index contributed by atoms with van der Waals surface area (Å²) in [6.07, 6.45) is 12.2. The van der Waals surface area contributed by atoms with Gasteiger partial charge in [0.1, 0.15) is 5.75 Å². The molecular weight excluding hydrogens is 561 g/mol. The second kappa shape index (κ2) is 16.2. The fourth-order valence-electron chi connectivity index (χ4n) is 5.41. The van der Waals surface area contributed by atoms with Crippen LogP contribution in [0.4, 0.5) is 11.4 Å². The number of unbranched alkanes of at least 4 members (excludes halogenated alkanes) is 8. The monoisotopic (exact) mass is 603 g/mol. The van der Waals surface area contributed by atoms with Gasteiger partial charge in [-0.25, -0.2) is 0 Å². The van der Waals surface area contributed by atoms with Crippen LogP contribution in [0.3, 0.4) is 0 Å². The van der Waals surface area contributed by atoms with Gasteiger partial charge in [0.15, 0.2) is 6.73 Å². The summed E-state index contributed by atoms with van der Waals surface area (Å²) in [5.74, 6) is 0.356. The van der Waals surface area contributed by atoms with Crippen LogP contribution in [-0.2, 0) is 20.7 Å². The van der Waals surface area contributed by atoms with E-state index in [1.807, 2.05) is 35.4 Å². The van der Waals surface area contributed by atoms with Crippen molar-refractivity contribution in [3.05, 3.63) is 52.0 Å². The van der Waals surface area contributed by atoms with Crippen molar-refractivity contribution in [2.45, 2.75) is 84.0 Å². The first-order valence-electron chi connectivity index (χ1n) is 15.2. The Balaban J connectivity index is 1.23. The Morgan fingerprint density at radius 1 is 0.854 bits per heavy atom. The molecule has 0 saturated carbocycles. The van der Waals surface area contributed by atoms with Crippen molar-refractivity contribution >= 4 is 46.5 Å². The van der Waals surface area contributed by atoms with E-state index in [0.717, 1.165) is 49.3 Å². The zero-order chi connectivity index (χ0) is 29.0. The van der Waals surface area contributed by atoms with E-state index in [2.05, 4.69) is 11.8 Å². The van der Waals surface area contributed by atoms with Crippen molar-refractivity contribution in [2.75, 3.05) is 42.7 Å². The minimum Gasteiger partial charge on any atom is -0.444 e. The summed E-state index contributed by atoms with van der Waals surface area (Å²) in [5, 5.41) is 3.03. The molecule has 1 amide bonds. The van der Waals surface area contributed by atoms with E-state index in [0.29, 0.717) is 48.1 Å². The predicted octanol–water partition coefficient (Wildman–Crippen LogP) is 7.81. The number of carbonyl (C=O) groups excluding carboxylic acids is 2. The zero-order valence-corrected chi connectivity index (χ0v) is 25.7. The molecule has 0 radical (unpaired) electrons. The molecule has 0 bridgehead atoms. The molecule has 2 aliphatic rings. The highest BCUT2D eigenvalue weighted by molar-refractivity contribution is 6.43. The van der Waals surface area contributed by atoms with Gasteiger partial charge >= 0.3 is 5.97 Å². The van der Waals surface area contributed by atoms with Crippen LogP contribution >= 0.6 is 23.2 Å². The molecule has 7 nitrogen and oxygen atoms in total. The maximum atomic E-state index is 12.8. The van der Waals surface area contributed by atoms with Crippen LogP contribution in [0.5, 0.6) is 5.75 Å². The number of halogens is 2. The molecule has 1 fully saturated rings. The number of benzene rings is 2. The number of carbonyl (C=O) groups is 2.